The monoisotopic (exact) mass is 372 g/mol. The first-order chi connectivity index (χ1) is 9.38. The Bertz CT molecular complexity index is 666. The Morgan fingerprint density at radius 1 is 1.25 bits per heavy atom. The van der Waals surface area contributed by atoms with E-state index in [4.69, 9.17) is 28.9 Å². The largest absolute Gasteiger partial charge is 0.397 e. The summed E-state index contributed by atoms with van der Waals surface area (Å²) in [5.74, 6) is -0.294. The molecule has 0 radical (unpaired) electrons. The van der Waals surface area contributed by atoms with Crippen molar-refractivity contribution < 1.29 is 4.79 Å². The highest BCUT2D eigenvalue weighted by Gasteiger charge is 2.11. The number of rotatable bonds is 2. The molecule has 0 aliphatic heterocycles. The number of halogens is 3. The van der Waals surface area contributed by atoms with Gasteiger partial charge in [0.15, 0.2) is 0 Å². The molecule has 0 heterocycles. The fourth-order valence-corrected chi connectivity index (χ4v) is 2.25. The van der Waals surface area contributed by atoms with Gasteiger partial charge in [0, 0.05) is 15.7 Å². The predicted molar refractivity (Wildman–Crippen MR) is 87.7 cm³/mol. The molecule has 0 spiro atoms. The SMILES string of the molecule is Cc1cc(NC(=O)c2cc(N)c(Cl)c(Cl)c2)ccc1Br. The van der Waals surface area contributed by atoms with Crippen LogP contribution < -0.4 is 11.1 Å². The first-order valence-electron chi connectivity index (χ1n) is 5.70. The van der Waals surface area contributed by atoms with Gasteiger partial charge < -0.3 is 11.1 Å². The quantitative estimate of drug-likeness (QED) is 0.735. The van der Waals surface area contributed by atoms with E-state index in [1.807, 2.05) is 19.1 Å². The van der Waals surface area contributed by atoms with Gasteiger partial charge in [-0.1, -0.05) is 39.1 Å². The van der Waals surface area contributed by atoms with Gasteiger partial charge in [-0.3, -0.25) is 4.79 Å². The Balaban J connectivity index is 2.26. The van der Waals surface area contributed by atoms with E-state index in [2.05, 4.69) is 21.2 Å². The van der Waals surface area contributed by atoms with Crippen LogP contribution in [0, 0.1) is 6.92 Å². The third kappa shape index (κ3) is 3.26. The Morgan fingerprint density at radius 2 is 1.95 bits per heavy atom. The fourth-order valence-electron chi connectivity index (χ4n) is 1.67. The highest BCUT2D eigenvalue weighted by Crippen LogP contribution is 2.29. The van der Waals surface area contributed by atoms with Crippen molar-refractivity contribution in [3.63, 3.8) is 0 Å². The number of amides is 1. The molecule has 104 valence electrons. The van der Waals surface area contributed by atoms with E-state index >= 15 is 0 Å². The number of nitrogen functional groups attached to an aromatic ring is 1. The van der Waals surface area contributed by atoms with Crippen LogP contribution >= 0.6 is 39.1 Å². The summed E-state index contributed by atoms with van der Waals surface area (Å²) >= 11 is 15.2. The van der Waals surface area contributed by atoms with Crippen LogP contribution in [0.15, 0.2) is 34.8 Å². The minimum absolute atomic E-state index is 0.253. The van der Waals surface area contributed by atoms with E-state index in [9.17, 15) is 4.79 Å². The van der Waals surface area contributed by atoms with E-state index in [0.29, 0.717) is 11.3 Å². The maximum Gasteiger partial charge on any atom is 0.255 e. The Kier molecular flexibility index (Phi) is 4.58. The second-order valence-electron chi connectivity index (χ2n) is 4.28. The van der Waals surface area contributed by atoms with Gasteiger partial charge in [0.25, 0.3) is 5.91 Å². The molecule has 0 atom stereocenters. The molecule has 0 saturated heterocycles. The number of anilines is 2. The summed E-state index contributed by atoms with van der Waals surface area (Å²) < 4.78 is 0.981. The fraction of sp³-hybridized carbons (Fsp3) is 0.0714. The zero-order valence-corrected chi connectivity index (χ0v) is 13.6. The molecule has 3 nitrogen and oxygen atoms in total. The summed E-state index contributed by atoms with van der Waals surface area (Å²) in [6.45, 7) is 1.94. The van der Waals surface area contributed by atoms with Crippen LogP contribution in [0.1, 0.15) is 15.9 Å². The molecule has 0 fully saturated rings. The molecule has 20 heavy (non-hydrogen) atoms. The van der Waals surface area contributed by atoms with Gasteiger partial charge in [-0.2, -0.15) is 0 Å². The molecule has 2 aromatic carbocycles. The lowest BCUT2D eigenvalue weighted by atomic mass is 10.1. The third-order valence-corrected chi connectivity index (χ3v) is 4.44. The maximum absolute atomic E-state index is 12.1. The van der Waals surface area contributed by atoms with Crippen molar-refractivity contribution in [1.29, 1.82) is 0 Å². The van der Waals surface area contributed by atoms with Crippen LogP contribution in [-0.4, -0.2) is 5.91 Å². The van der Waals surface area contributed by atoms with Crippen LogP contribution in [0.2, 0.25) is 10.0 Å². The normalized spacial score (nSPS) is 10.4. The molecular weight excluding hydrogens is 363 g/mol. The van der Waals surface area contributed by atoms with Crippen LogP contribution in [0.4, 0.5) is 11.4 Å². The van der Waals surface area contributed by atoms with Gasteiger partial charge in [0.05, 0.1) is 15.7 Å². The van der Waals surface area contributed by atoms with Crippen molar-refractivity contribution >= 4 is 56.4 Å². The molecule has 2 rings (SSSR count). The number of carbonyl (C=O) groups excluding carboxylic acids is 1. The molecule has 0 aromatic heterocycles. The molecule has 0 bridgehead atoms. The van der Waals surface area contributed by atoms with Gasteiger partial charge in [-0.05, 0) is 42.8 Å². The van der Waals surface area contributed by atoms with Gasteiger partial charge in [-0.25, -0.2) is 0 Å². The number of nitrogens with one attached hydrogen (secondary N) is 1. The van der Waals surface area contributed by atoms with E-state index in [1.54, 1.807) is 6.07 Å². The van der Waals surface area contributed by atoms with Crippen molar-refractivity contribution in [2.24, 2.45) is 0 Å². The number of aryl methyl sites for hydroxylation is 1. The van der Waals surface area contributed by atoms with Crippen LogP contribution in [0.3, 0.4) is 0 Å². The second-order valence-corrected chi connectivity index (χ2v) is 5.92. The smallest absolute Gasteiger partial charge is 0.255 e. The first kappa shape index (κ1) is 15.2. The average Bonchev–Trinajstić information content (AvgIpc) is 2.39. The summed E-state index contributed by atoms with van der Waals surface area (Å²) in [5.41, 5.74) is 8.05. The molecular formula is C14H11BrCl2N2O. The number of carbonyl (C=O) groups is 1. The maximum atomic E-state index is 12.1. The summed E-state index contributed by atoms with van der Waals surface area (Å²) in [6, 6.07) is 8.52. The number of benzene rings is 2. The standard InChI is InChI=1S/C14H11BrCl2N2O/c1-7-4-9(2-3-10(7)15)19-14(20)8-5-11(16)13(17)12(18)6-8/h2-6H,18H2,1H3,(H,19,20). The molecule has 6 heteroatoms. The number of hydrogen-bond acceptors (Lipinski definition) is 2. The van der Waals surface area contributed by atoms with Gasteiger partial charge in [-0.15, -0.1) is 0 Å². The van der Waals surface area contributed by atoms with E-state index < -0.39 is 0 Å². The number of nitrogens with two attached hydrogens (primary N) is 1. The van der Waals surface area contributed by atoms with Crippen LogP contribution in [0.25, 0.3) is 0 Å². The Labute approximate surface area is 135 Å². The number of hydrogen-bond donors (Lipinski definition) is 2. The summed E-state index contributed by atoms with van der Waals surface area (Å²) in [4.78, 5) is 12.1. The molecule has 0 aliphatic carbocycles. The lowest BCUT2D eigenvalue weighted by Gasteiger charge is -2.09. The molecule has 0 aliphatic rings. The third-order valence-electron chi connectivity index (χ3n) is 2.73. The summed E-state index contributed by atoms with van der Waals surface area (Å²) in [5, 5.41) is 3.29. The van der Waals surface area contributed by atoms with Gasteiger partial charge >= 0.3 is 0 Å². The molecule has 0 saturated carbocycles. The van der Waals surface area contributed by atoms with E-state index in [1.165, 1.54) is 12.1 Å². The van der Waals surface area contributed by atoms with Crippen molar-refractivity contribution in [1.82, 2.24) is 0 Å². The van der Waals surface area contributed by atoms with E-state index in [0.717, 1.165) is 10.0 Å². The van der Waals surface area contributed by atoms with Crippen LogP contribution in [-0.2, 0) is 0 Å². The van der Waals surface area contributed by atoms with Crippen molar-refractivity contribution in [2.45, 2.75) is 6.92 Å². The zero-order valence-electron chi connectivity index (χ0n) is 10.5. The Hall–Kier alpha value is -1.23. The van der Waals surface area contributed by atoms with Crippen molar-refractivity contribution in [3.8, 4) is 0 Å². The minimum Gasteiger partial charge on any atom is -0.397 e. The highest BCUT2D eigenvalue weighted by molar-refractivity contribution is 9.10. The molecule has 0 unspecified atom stereocenters. The topological polar surface area (TPSA) is 55.1 Å². The lowest BCUT2D eigenvalue weighted by molar-refractivity contribution is 0.102. The van der Waals surface area contributed by atoms with Crippen molar-refractivity contribution in [2.75, 3.05) is 11.1 Å². The molecule has 3 N–H and O–H groups in total. The van der Waals surface area contributed by atoms with Gasteiger partial charge in [0.2, 0.25) is 0 Å². The summed E-state index contributed by atoms with van der Waals surface area (Å²) in [7, 11) is 0. The van der Waals surface area contributed by atoms with Crippen molar-refractivity contribution in [3.05, 3.63) is 56.0 Å². The zero-order chi connectivity index (χ0) is 14.9. The second kappa shape index (κ2) is 6.04. The average molecular weight is 374 g/mol. The van der Waals surface area contributed by atoms with E-state index in [-0.39, 0.29) is 21.6 Å². The van der Waals surface area contributed by atoms with Crippen LogP contribution in [0.5, 0.6) is 0 Å². The Morgan fingerprint density at radius 3 is 2.55 bits per heavy atom. The van der Waals surface area contributed by atoms with Gasteiger partial charge in [0.1, 0.15) is 0 Å². The molecule has 2 aromatic rings. The highest BCUT2D eigenvalue weighted by atomic mass is 79.9. The minimum atomic E-state index is -0.294. The lowest BCUT2D eigenvalue weighted by Crippen LogP contribution is -2.12. The predicted octanol–water partition coefficient (Wildman–Crippen LogP) is 4.90. The first-order valence-corrected chi connectivity index (χ1v) is 7.25. The summed E-state index contributed by atoms with van der Waals surface area (Å²) in [6.07, 6.45) is 0. The molecule has 1 amide bonds.